The van der Waals surface area contributed by atoms with E-state index in [1.807, 2.05) is 24.0 Å². The lowest BCUT2D eigenvalue weighted by Crippen LogP contribution is -2.44. The highest BCUT2D eigenvalue weighted by Crippen LogP contribution is 2.66. The molecule has 0 bridgehead atoms. The first-order valence-electron chi connectivity index (χ1n) is 15.3. The number of piperazine rings is 1. The summed E-state index contributed by atoms with van der Waals surface area (Å²) >= 11 is 0. The quantitative estimate of drug-likeness (QED) is 0.455. The van der Waals surface area contributed by atoms with Crippen molar-refractivity contribution in [2.75, 3.05) is 56.2 Å². The maximum atomic E-state index is 13.9. The number of ether oxygens (including phenoxy) is 2. The molecular formula is C33H44N4O4. The Morgan fingerprint density at radius 1 is 1.20 bits per heavy atom. The summed E-state index contributed by atoms with van der Waals surface area (Å²) in [5, 5.41) is 11.7. The fourth-order valence-corrected chi connectivity index (χ4v) is 7.05. The normalized spacial score (nSPS) is 29.0. The number of nitrogens with zero attached hydrogens (tertiary/aromatic N) is 4. The fourth-order valence-electron chi connectivity index (χ4n) is 7.05. The van der Waals surface area contributed by atoms with Crippen LogP contribution in [-0.2, 0) is 19.9 Å². The van der Waals surface area contributed by atoms with E-state index in [1.165, 1.54) is 11.3 Å². The number of amides is 1. The molecule has 4 fully saturated rings. The molecule has 3 aliphatic heterocycles. The number of carbonyl (C=O) groups excluding carboxylic acids is 1. The number of benzene rings is 1. The van der Waals surface area contributed by atoms with Gasteiger partial charge in [0.15, 0.2) is 6.29 Å². The van der Waals surface area contributed by atoms with Gasteiger partial charge in [0.25, 0.3) is 0 Å². The molecule has 4 heterocycles. The van der Waals surface area contributed by atoms with Crippen LogP contribution in [0, 0.1) is 5.41 Å². The lowest BCUT2D eigenvalue weighted by molar-refractivity contribution is -0.218. The van der Waals surface area contributed by atoms with Gasteiger partial charge in [0.1, 0.15) is 11.7 Å². The number of anilines is 2. The molecule has 1 aromatic carbocycles. The summed E-state index contributed by atoms with van der Waals surface area (Å²) in [5.74, 6) is 0.443. The van der Waals surface area contributed by atoms with Gasteiger partial charge in [-0.1, -0.05) is 31.2 Å². The van der Waals surface area contributed by atoms with E-state index >= 15 is 0 Å². The van der Waals surface area contributed by atoms with Crippen molar-refractivity contribution in [2.24, 2.45) is 5.41 Å². The van der Waals surface area contributed by atoms with Crippen LogP contribution >= 0.6 is 0 Å². The molecule has 1 spiro atoms. The first-order chi connectivity index (χ1) is 19.9. The molecule has 2 unspecified atom stereocenters. The van der Waals surface area contributed by atoms with Gasteiger partial charge in [-0.05, 0) is 69.3 Å². The average molecular weight is 561 g/mol. The van der Waals surface area contributed by atoms with E-state index in [9.17, 15) is 9.90 Å². The molecule has 1 saturated carbocycles. The van der Waals surface area contributed by atoms with Crippen molar-refractivity contribution >= 4 is 17.3 Å². The van der Waals surface area contributed by atoms with Crippen LogP contribution in [0.3, 0.4) is 0 Å². The Labute approximate surface area is 243 Å². The second-order valence-corrected chi connectivity index (χ2v) is 12.2. The number of aliphatic hydroxyl groups is 1. The predicted octanol–water partition coefficient (Wildman–Crippen LogP) is 4.44. The minimum Gasteiger partial charge on any atom is -0.380 e. The summed E-state index contributed by atoms with van der Waals surface area (Å²) in [4.78, 5) is 25.3. The van der Waals surface area contributed by atoms with Gasteiger partial charge in [-0.15, -0.1) is 6.58 Å². The Balaban J connectivity index is 1.16. The zero-order valence-corrected chi connectivity index (χ0v) is 24.5. The highest BCUT2D eigenvalue weighted by atomic mass is 16.7. The zero-order valence-electron chi connectivity index (χ0n) is 24.5. The van der Waals surface area contributed by atoms with E-state index < -0.39 is 11.7 Å². The molecule has 1 amide bonds. The van der Waals surface area contributed by atoms with E-state index in [-0.39, 0.29) is 23.5 Å². The molecule has 220 valence electrons. The number of para-hydroxylation sites is 1. The van der Waals surface area contributed by atoms with Gasteiger partial charge in [0, 0.05) is 50.9 Å². The van der Waals surface area contributed by atoms with Gasteiger partial charge in [-0.3, -0.25) is 9.78 Å². The SMILES string of the molecule is C=C[C@H](OC1CCCCO1)C(O)(CC)c1ccc(N2CC[C@@]3(C[C@@H]3c3ccccc3N3CCN(C)CC3)C2=O)cn1. The number of pyridine rings is 1. The van der Waals surface area contributed by atoms with Gasteiger partial charge in [-0.25, -0.2) is 0 Å². The van der Waals surface area contributed by atoms with Crippen molar-refractivity contribution in [2.45, 2.75) is 69.4 Å². The summed E-state index contributed by atoms with van der Waals surface area (Å²) in [7, 11) is 2.17. The van der Waals surface area contributed by atoms with Crippen LogP contribution in [0.25, 0.3) is 0 Å². The van der Waals surface area contributed by atoms with E-state index in [0.717, 1.165) is 64.0 Å². The number of likely N-dealkylation sites (N-methyl/N-ethyl adjacent to an activating group) is 1. The Kier molecular flexibility index (Phi) is 7.94. The van der Waals surface area contributed by atoms with Gasteiger partial charge < -0.3 is 29.3 Å². The highest BCUT2D eigenvalue weighted by molar-refractivity contribution is 6.03. The molecule has 5 atom stereocenters. The molecule has 8 nitrogen and oxygen atoms in total. The Morgan fingerprint density at radius 2 is 2.00 bits per heavy atom. The number of rotatable bonds is 9. The third kappa shape index (κ3) is 5.20. The molecule has 8 heteroatoms. The standard InChI is InChI=1S/C33H44N4O4/c1-4-29(41-30-12-8-9-21-40-30)33(39,5-2)28-14-13-24(23-34-28)37-16-15-32(31(37)38)22-26(32)25-10-6-7-11-27(25)36-19-17-35(3)18-20-36/h4,6-7,10-11,13-14,23,26,29-30,39H,1,5,8-9,12,15-22H2,2-3H3/t26-,29+,30?,32+,33?/m1/s1. The third-order valence-electron chi connectivity index (χ3n) is 9.85. The minimum absolute atomic E-state index is 0.192. The molecule has 4 aliphatic rings. The smallest absolute Gasteiger partial charge is 0.233 e. The minimum atomic E-state index is -1.34. The Morgan fingerprint density at radius 3 is 2.68 bits per heavy atom. The summed E-state index contributed by atoms with van der Waals surface area (Å²) < 4.78 is 11.9. The largest absolute Gasteiger partial charge is 0.380 e. The molecule has 0 radical (unpaired) electrons. The fraction of sp³-hybridized carbons (Fsp3) is 0.576. The lowest BCUT2D eigenvalue weighted by Gasteiger charge is -2.36. The van der Waals surface area contributed by atoms with E-state index in [4.69, 9.17) is 9.47 Å². The van der Waals surface area contributed by atoms with Gasteiger partial charge >= 0.3 is 0 Å². The van der Waals surface area contributed by atoms with Crippen molar-refractivity contribution in [3.05, 3.63) is 66.5 Å². The van der Waals surface area contributed by atoms with Crippen molar-refractivity contribution in [3.8, 4) is 0 Å². The number of hydrogen-bond acceptors (Lipinski definition) is 7. The molecule has 6 rings (SSSR count). The lowest BCUT2D eigenvalue weighted by atomic mass is 9.89. The first-order valence-corrected chi connectivity index (χ1v) is 15.3. The molecular weight excluding hydrogens is 516 g/mol. The highest BCUT2D eigenvalue weighted by Gasteiger charge is 2.65. The van der Waals surface area contributed by atoms with E-state index in [2.05, 4.69) is 52.7 Å². The summed E-state index contributed by atoms with van der Waals surface area (Å²) in [6.45, 7) is 11.3. The molecule has 41 heavy (non-hydrogen) atoms. The molecule has 2 aromatic rings. The maximum Gasteiger partial charge on any atom is 0.233 e. The maximum absolute atomic E-state index is 13.9. The summed E-state index contributed by atoms with van der Waals surface area (Å²) in [6.07, 6.45) is 7.38. The predicted molar refractivity (Wildman–Crippen MR) is 160 cm³/mol. The third-order valence-corrected chi connectivity index (χ3v) is 9.85. The van der Waals surface area contributed by atoms with E-state index in [1.54, 1.807) is 12.3 Å². The van der Waals surface area contributed by atoms with Gasteiger partial charge in [0.05, 0.1) is 23.0 Å². The van der Waals surface area contributed by atoms with E-state index in [0.29, 0.717) is 25.3 Å². The van der Waals surface area contributed by atoms with Crippen molar-refractivity contribution in [1.82, 2.24) is 9.88 Å². The van der Waals surface area contributed by atoms with Crippen molar-refractivity contribution in [3.63, 3.8) is 0 Å². The van der Waals surface area contributed by atoms with Crippen LogP contribution in [0.5, 0.6) is 0 Å². The van der Waals surface area contributed by atoms with Crippen LogP contribution in [0.1, 0.15) is 62.6 Å². The molecule has 1 aromatic heterocycles. The van der Waals surface area contributed by atoms with Crippen molar-refractivity contribution < 1.29 is 19.4 Å². The van der Waals surface area contributed by atoms with Crippen LogP contribution in [0.2, 0.25) is 0 Å². The second kappa shape index (κ2) is 11.5. The number of carbonyl (C=O) groups is 1. The topological polar surface area (TPSA) is 78.4 Å². The Bertz CT molecular complexity index is 1240. The average Bonchev–Trinajstić information content (AvgIpc) is 3.67. The Hall–Kier alpha value is -2.78. The van der Waals surface area contributed by atoms with Gasteiger partial charge in [0.2, 0.25) is 5.91 Å². The van der Waals surface area contributed by atoms with Crippen LogP contribution < -0.4 is 9.80 Å². The molecule has 1 aliphatic carbocycles. The zero-order chi connectivity index (χ0) is 28.6. The molecule has 1 N–H and O–H groups in total. The monoisotopic (exact) mass is 560 g/mol. The second-order valence-electron chi connectivity index (χ2n) is 12.2. The van der Waals surface area contributed by atoms with Crippen molar-refractivity contribution in [1.29, 1.82) is 0 Å². The summed E-state index contributed by atoms with van der Waals surface area (Å²) in [5.41, 5.74) is 2.22. The van der Waals surface area contributed by atoms with Crippen LogP contribution in [0.15, 0.2) is 55.3 Å². The first kappa shape index (κ1) is 28.3. The summed E-state index contributed by atoms with van der Waals surface area (Å²) in [6, 6.07) is 12.4. The molecule has 3 saturated heterocycles. The number of hydrogen-bond donors (Lipinski definition) is 1. The van der Waals surface area contributed by atoms with Crippen LogP contribution in [-0.4, -0.2) is 79.7 Å². The van der Waals surface area contributed by atoms with Crippen LogP contribution in [0.4, 0.5) is 11.4 Å². The van der Waals surface area contributed by atoms with Gasteiger partial charge in [-0.2, -0.15) is 0 Å². The number of aromatic nitrogens is 1.